The van der Waals surface area contributed by atoms with E-state index >= 15 is 0 Å². The Bertz CT molecular complexity index is 617. The highest BCUT2D eigenvalue weighted by Crippen LogP contribution is 2.26. The van der Waals surface area contributed by atoms with Crippen molar-refractivity contribution in [1.29, 1.82) is 5.26 Å². The summed E-state index contributed by atoms with van der Waals surface area (Å²) in [5, 5.41) is 21.1. The second kappa shape index (κ2) is 5.48. The first-order valence-electron chi connectivity index (χ1n) is 5.95. The SMILES string of the molecule is C/C(C#N)=C\C[C@@H](O)c1cccc2ccccc12. The summed E-state index contributed by atoms with van der Waals surface area (Å²) < 4.78 is 0. The van der Waals surface area contributed by atoms with Gasteiger partial charge in [0, 0.05) is 5.57 Å². The molecule has 2 rings (SSSR count). The average molecular weight is 237 g/mol. The second-order valence-corrected chi connectivity index (χ2v) is 4.32. The summed E-state index contributed by atoms with van der Waals surface area (Å²) in [6.07, 6.45) is 1.67. The fourth-order valence-corrected chi connectivity index (χ4v) is 2.00. The number of aliphatic hydroxyl groups excluding tert-OH is 1. The minimum Gasteiger partial charge on any atom is -0.388 e. The number of aliphatic hydroxyl groups is 1. The molecule has 0 bridgehead atoms. The number of nitriles is 1. The van der Waals surface area contributed by atoms with Crippen molar-refractivity contribution < 1.29 is 5.11 Å². The van der Waals surface area contributed by atoms with Gasteiger partial charge < -0.3 is 5.11 Å². The zero-order valence-electron chi connectivity index (χ0n) is 10.3. The van der Waals surface area contributed by atoms with Crippen LogP contribution in [0.4, 0.5) is 0 Å². The zero-order chi connectivity index (χ0) is 13.0. The number of benzene rings is 2. The molecule has 2 aromatic carbocycles. The molecule has 2 nitrogen and oxygen atoms in total. The Morgan fingerprint density at radius 3 is 2.78 bits per heavy atom. The third kappa shape index (κ3) is 2.58. The molecular formula is C16H15NO. The Morgan fingerprint density at radius 2 is 2.00 bits per heavy atom. The van der Waals surface area contributed by atoms with Crippen molar-refractivity contribution in [1.82, 2.24) is 0 Å². The summed E-state index contributed by atoms with van der Waals surface area (Å²) in [4.78, 5) is 0. The first-order chi connectivity index (χ1) is 8.72. The van der Waals surface area contributed by atoms with Crippen molar-refractivity contribution >= 4 is 10.8 Å². The molecule has 2 heteroatoms. The van der Waals surface area contributed by atoms with Gasteiger partial charge in [0.25, 0.3) is 0 Å². The summed E-state index contributed by atoms with van der Waals surface area (Å²) in [6.45, 7) is 1.75. The van der Waals surface area contributed by atoms with Crippen molar-refractivity contribution in [3.63, 3.8) is 0 Å². The van der Waals surface area contributed by atoms with E-state index in [-0.39, 0.29) is 0 Å². The van der Waals surface area contributed by atoms with E-state index in [1.807, 2.05) is 42.5 Å². The molecule has 0 spiro atoms. The number of allylic oxidation sites excluding steroid dienone is 1. The maximum Gasteiger partial charge on any atom is 0.0940 e. The lowest BCUT2D eigenvalue weighted by molar-refractivity contribution is 0.183. The summed E-state index contributed by atoms with van der Waals surface area (Å²) in [5.41, 5.74) is 1.55. The second-order valence-electron chi connectivity index (χ2n) is 4.32. The van der Waals surface area contributed by atoms with Gasteiger partial charge in [-0.3, -0.25) is 0 Å². The minimum atomic E-state index is -0.570. The van der Waals surface area contributed by atoms with E-state index in [9.17, 15) is 5.11 Å². The summed E-state index contributed by atoms with van der Waals surface area (Å²) in [5.74, 6) is 0. The van der Waals surface area contributed by atoms with Crippen molar-refractivity contribution in [3.05, 3.63) is 59.7 Å². The third-order valence-corrected chi connectivity index (χ3v) is 3.01. The molecule has 0 saturated heterocycles. The lowest BCUT2D eigenvalue weighted by atomic mass is 9.98. The quantitative estimate of drug-likeness (QED) is 0.826. The molecule has 1 N–H and O–H groups in total. The lowest BCUT2D eigenvalue weighted by Gasteiger charge is -2.12. The molecule has 0 radical (unpaired) electrons. The Hall–Kier alpha value is -2.11. The van der Waals surface area contributed by atoms with E-state index in [1.54, 1.807) is 13.0 Å². The predicted molar refractivity (Wildman–Crippen MR) is 72.9 cm³/mol. The van der Waals surface area contributed by atoms with Crippen LogP contribution in [-0.4, -0.2) is 5.11 Å². The Labute approximate surface area is 107 Å². The van der Waals surface area contributed by atoms with E-state index in [1.165, 1.54) is 0 Å². The first-order valence-corrected chi connectivity index (χ1v) is 5.95. The van der Waals surface area contributed by atoms with Crippen molar-refractivity contribution in [2.45, 2.75) is 19.4 Å². The Kier molecular flexibility index (Phi) is 3.76. The van der Waals surface area contributed by atoms with Crippen LogP contribution in [0.3, 0.4) is 0 Å². The number of hydrogen-bond donors (Lipinski definition) is 1. The van der Waals surface area contributed by atoms with Gasteiger partial charge >= 0.3 is 0 Å². The predicted octanol–water partition coefficient (Wildman–Crippen LogP) is 3.73. The van der Waals surface area contributed by atoms with Gasteiger partial charge in [-0.15, -0.1) is 0 Å². The molecule has 0 aromatic heterocycles. The number of hydrogen-bond acceptors (Lipinski definition) is 2. The molecule has 0 unspecified atom stereocenters. The molecule has 0 aliphatic rings. The van der Waals surface area contributed by atoms with Crippen LogP contribution >= 0.6 is 0 Å². The molecule has 0 aliphatic carbocycles. The maximum atomic E-state index is 10.2. The molecule has 0 aliphatic heterocycles. The fourth-order valence-electron chi connectivity index (χ4n) is 2.00. The maximum absolute atomic E-state index is 10.2. The van der Waals surface area contributed by atoms with Gasteiger partial charge in [0.1, 0.15) is 0 Å². The van der Waals surface area contributed by atoms with Crippen molar-refractivity contribution in [2.24, 2.45) is 0 Å². The molecule has 2 aromatic rings. The Morgan fingerprint density at radius 1 is 1.28 bits per heavy atom. The minimum absolute atomic E-state index is 0.466. The van der Waals surface area contributed by atoms with Crippen LogP contribution in [0.15, 0.2) is 54.1 Å². The molecular weight excluding hydrogens is 222 g/mol. The number of fused-ring (bicyclic) bond motifs is 1. The molecule has 0 heterocycles. The van der Waals surface area contributed by atoms with Gasteiger partial charge in [0.05, 0.1) is 12.2 Å². The van der Waals surface area contributed by atoms with E-state index in [2.05, 4.69) is 6.07 Å². The van der Waals surface area contributed by atoms with Crippen LogP contribution < -0.4 is 0 Å². The van der Waals surface area contributed by atoms with Gasteiger partial charge in [0.15, 0.2) is 0 Å². The smallest absolute Gasteiger partial charge is 0.0940 e. The van der Waals surface area contributed by atoms with Crippen LogP contribution in [0.25, 0.3) is 10.8 Å². The number of rotatable bonds is 3. The normalized spacial score (nSPS) is 13.3. The topological polar surface area (TPSA) is 44.0 Å². The third-order valence-electron chi connectivity index (χ3n) is 3.01. The van der Waals surface area contributed by atoms with Crippen molar-refractivity contribution in [3.8, 4) is 6.07 Å². The highest BCUT2D eigenvalue weighted by Gasteiger charge is 2.09. The van der Waals surface area contributed by atoms with E-state index < -0.39 is 6.10 Å². The van der Waals surface area contributed by atoms with E-state index in [0.717, 1.165) is 16.3 Å². The molecule has 0 fully saturated rings. The molecule has 0 saturated carbocycles. The van der Waals surface area contributed by atoms with Crippen LogP contribution in [0.1, 0.15) is 25.0 Å². The van der Waals surface area contributed by atoms with Crippen LogP contribution in [0.5, 0.6) is 0 Å². The van der Waals surface area contributed by atoms with Gasteiger partial charge in [-0.05, 0) is 29.7 Å². The van der Waals surface area contributed by atoms with Gasteiger partial charge in [-0.1, -0.05) is 48.5 Å². The van der Waals surface area contributed by atoms with Crippen molar-refractivity contribution in [2.75, 3.05) is 0 Å². The largest absolute Gasteiger partial charge is 0.388 e. The van der Waals surface area contributed by atoms with Crippen LogP contribution in [0.2, 0.25) is 0 Å². The summed E-state index contributed by atoms with van der Waals surface area (Å²) in [6, 6.07) is 16.0. The van der Waals surface area contributed by atoms with Gasteiger partial charge in [-0.25, -0.2) is 0 Å². The number of nitrogens with zero attached hydrogens (tertiary/aromatic N) is 1. The molecule has 0 amide bonds. The summed E-state index contributed by atoms with van der Waals surface area (Å²) in [7, 11) is 0. The molecule has 1 atom stereocenters. The van der Waals surface area contributed by atoms with Gasteiger partial charge in [-0.2, -0.15) is 5.26 Å². The first kappa shape index (κ1) is 12.3. The fraction of sp³-hybridized carbons (Fsp3) is 0.188. The molecule has 18 heavy (non-hydrogen) atoms. The molecule has 90 valence electrons. The average Bonchev–Trinajstić information content (AvgIpc) is 2.43. The highest BCUT2D eigenvalue weighted by atomic mass is 16.3. The van der Waals surface area contributed by atoms with Crippen LogP contribution in [-0.2, 0) is 0 Å². The van der Waals surface area contributed by atoms with Crippen LogP contribution in [0, 0.1) is 11.3 Å². The lowest BCUT2D eigenvalue weighted by Crippen LogP contribution is -1.97. The monoisotopic (exact) mass is 237 g/mol. The van der Waals surface area contributed by atoms with E-state index in [4.69, 9.17) is 5.26 Å². The standard InChI is InChI=1S/C16H15NO/c1-12(11-17)9-10-16(18)15-8-4-6-13-5-2-3-7-14(13)15/h2-9,16,18H,10H2,1H3/b12-9+/t16-/m1/s1. The highest BCUT2D eigenvalue weighted by molar-refractivity contribution is 5.85. The Balaban J connectivity index is 2.34. The van der Waals surface area contributed by atoms with Gasteiger partial charge in [0.2, 0.25) is 0 Å². The summed E-state index contributed by atoms with van der Waals surface area (Å²) >= 11 is 0. The zero-order valence-corrected chi connectivity index (χ0v) is 10.3. The van der Waals surface area contributed by atoms with E-state index in [0.29, 0.717) is 12.0 Å².